The molecule has 2 aliphatic heterocycles. The predicted octanol–water partition coefficient (Wildman–Crippen LogP) is 2.93. The zero-order valence-corrected chi connectivity index (χ0v) is 17.7. The first-order valence-corrected chi connectivity index (χ1v) is 10.4. The number of anilines is 1. The molecule has 0 fully saturated rings. The van der Waals surface area contributed by atoms with Crippen LogP contribution in [-0.2, 0) is 17.9 Å². The number of rotatable bonds is 2. The Hall–Kier alpha value is -4.15. The second kappa shape index (κ2) is 8.41. The summed E-state index contributed by atoms with van der Waals surface area (Å²) in [6.07, 6.45) is 3.56. The molecule has 2 aliphatic rings. The molecule has 1 aromatic carbocycles. The number of fused-ring (bicyclic) bond motifs is 3. The van der Waals surface area contributed by atoms with Crippen molar-refractivity contribution in [1.29, 1.82) is 0 Å². The van der Waals surface area contributed by atoms with Crippen LogP contribution < -0.4 is 14.8 Å². The van der Waals surface area contributed by atoms with Crippen LogP contribution in [0.1, 0.15) is 24.0 Å². The summed E-state index contributed by atoms with van der Waals surface area (Å²) in [5.74, 6) is 1.78. The van der Waals surface area contributed by atoms with E-state index in [4.69, 9.17) is 19.4 Å². The van der Waals surface area contributed by atoms with E-state index >= 15 is 0 Å². The molecule has 3 aromatic heterocycles. The molecular weight excluding hydrogens is 431 g/mol. The van der Waals surface area contributed by atoms with Crippen molar-refractivity contribution in [3.05, 3.63) is 53.7 Å². The second-order valence-corrected chi connectivity index (χ2v) is 7.57. The predicted molar refractivity (Wildman–Crippen MR) is 116 cm³/mol. The maximum absolute atomic E-state index is 14.7. The number of aromatic nitrogens is 5. The fourth-order valence-electron chi connectivity index (χ4n) is 4.25. The van der Waals surface area contributed by atoms with Crippen molar-refractivity contribution < 1.29 is 23.8 Å². The van der Waals surface area contributed by atoms with Crippen LogP contribution in [0.15, 0.2) is 36.8 Å². The maximum atomic E-state index is 14.7. The summed E-state index contributed by atoms with van der Waals surface area (Å²) < 4.78 is 30.4. The van der Waals surface area contributed by atoms with Crippen molar-refractivity contribution in [2.75, 3.05) is 18.5 Å². The Morgan fingerprint density at radius 3 is 2.82 bits per heavy atom. The summed E-state index contributed by atoms with van der Waals surface area (Å²) >= 11 is 0. The lowest BCUT2D eigenvalue weighted by molar-refractivity contribution is -0.122. The van der Waals surface area contributed by atoms with Crippen molar-refractivity contribution in [1.82, 2.24) is 24.4 Å². The van der Waals surface area contributed by atoms with Gasteiger partial charge in [0.15, 0.2) is 17.2 Å². The average Bonchev–Trinajstić information content (AvgIpc) is 3.57. The Morgan fingerprint density at radius 1 is 1.27 bits per heavy atom. The molecular formula is C22H21FN6O4. The van der Waals surface area contributed by atoms with Crippen molar-refractivity contribution in [3.8, 4) is 22.8 Å². The number of pyridine rings is 1. The van der Waals surface area contributed by atoms with E-state index in [1.165, 1.54) is 6.07 Å². The number of benzene rings is 1. The fourth-order valence-corrected chi connectivity index (χ4v) is 4.25. The molecule has 0 spiro atoms. The summed E-state index contributed by atoms with van der Waals surface area (Å²) in [5, 5.41) is 23.2. The Labute approximate surface area is 187 Å². The molecule has 0 aliphatic carbocycles. The quantitative estimate of drug-likeness (QED) is 0.446. The summed E-state index contributed by atoms with van der Waals surface area (Å²) in [4.78, 5) is 8.36. The highest BCUT2D eigenvalue weighted by molar-refractivity contribution is 5.80. The fraction of sp³-hybridized carbons (Fsp3) is 0.273. The first-order valence-electron chi connectivity index (χ1n) is 10.4. The zero-order valence-electron chi connectivity index (χ0n) is 17.7. The van der Waals surface area contributed by atoms with Crippen molar-refractivity contribution in [2.24, 2.45) is 0 Å². The van der Waals surface area contributed by atoms with Crippen molar-refractivity contribution in [2.45, 2.75) is 25.9 Å². The number of aryl methyl sites for hydroxylation is 1. The van der Waals surface area contributed by atoms with Crippen LogP contribution in [-0.4, -0.2) is 49.2 Å². The van der Waals surface area contributed by atoms with Crippen LogP contribution in [0.3, 0.4) is 0 Å². The van der Waals surface area contributed by atoms with Crippen molar-refractivity contribution >= 4 is 17.9 Å². The summed E-state index contributed by atoms with van der Waals surface area (Å²) in [7, 11) is 0. The Morgan fingerprint density at radius 2 is 2.06 bits per heavy atom. The number of ether oxygens (including phenoxy) is 2. The lowest BCUT2D eigenvalue weighted by Gasteiger charge is -2.16. The van der Waals surface area contributed by atoms with Gasteiger partial charge in [-0.1, -0.05) is 0 Å². The van der Waals surface area contributed by atoms with Gasteiger partial charge in [-0.2, -0.15) is 5.10 Å². The molecule has 170 valence electrons. The molecule has 2 N–H and O–H groups in total. The lowest BCUT2D eigenvalue weighted by Crippen LogP contribution is -2.13. The highest BCUT2D eigenvalue weighted by Gasteiger charge is 2.31. The first kappa shape index (κ1) is 20.7. The van der Waals surface area contributed by atoms with Gasteiger partial charge in [-0.25, -0.2) is 4.39 Å². The molecule has 0 unspecified atom stereocenters. The van der Waals surface area contributed by atoms with E-state index in [1.54, 1.807) is 12.4 Å². The molecule has 0 saturated carbocycles. The maximum Gasteiger partial charge on any atom is 0.290 e. The third kappa shape index (κ3) is 3.51. The van der Waals surface area contributed by atoms with E-state index in [0.717, 1.165) is 29.1 Å². The molecule has 6 rings (SSSR count). The Kier molecular flexibility index (Phi) is 5.29. The number of nitrogens with one attached hydrogen (secondary N) is 1. The molecule has 5 heterocycles. The molecule has 0 saturated heterocycles. The van der Waals surface area contributed by atoms with E-state index in [1.807, 2.05) is 34.3 Å². The number of carboxylic acid groups (broad SMARTS) is 1. The summed E-state index contributed by atoms with van der Waals surface area (Å²) in [5.41, 5.74) is 3.77. The van der Waals surface area contributed by atoms with Gasteiger partial charge in [-0.3, -0.25) is 13.9 Å². The van der Waals surface area contributed by atoms with E-state index in [-0.39, 0.29) is 18.2 Å². The monoisotopic (exact) mass is 452 g/mol. The molecule has 11 heteroatoms. The first-order chi connectivity index (χ1) is 16.1. The number of halogens is 1. The Balaban J connectivity index is 0.000000724. The van der Waals surface area contributed by atoms with Crippen LogP contribution >= 0.6 is 0 Å². The normalized spacial score (nSPS) is 16.0. The van der Waals surface area contributed by atoms with Crippen LogP contribution in [0.4, 0.5) is 10.2 Å². The van der Waals surface area contributed by atoms with Gasteiger partial charge in [-0.15, -0.1) is 10.2 Å². The van der Waals surface area contributed by atoms with Gasteiger partial charge < -0.3 is 19.9 Å². The average molecular weight is 452 g/mol. The van der Waals surface area contributed by atoms with Crippen LogP contribution in [0.2, 0.25) is 0 Å². The highest BCUT2D eigenvalue weighted by Crippen LogP contribution is 2.41. The molecule has 1 atom stereocenters. The molecule has 0 amide bonds. The van der Waals surface area contributed by atoms with Crippen LogP contribution in [0, 0.1) is 5.82 Å². The SMILES string of the molecule is CCn1ccc(-c2cc3c(n4cnnc24)NCc2c(F)ccc4c2[C@H](CO4)CO3)n1.O=CO. The van der Waals surface area contributed by atoms with Gasteiger partial charge in [0.2, 0.25) is 0 Å². The van der Waals surface area contributed by atoms with E-state index in [2.05, 4.69) is 20.6 Å². The third-order valence-corrected chi connectivity index (χ3v) is 5.76. The smallest absolute Gasteiger partial charge is 0.290 e. The summed E-state index contributed by atoms with van der Waals surface area (Å²) in [6, 6.07) is 7.03. The number of hydrogen-bond acceptors (Lipinski definition) is 7. The number of nitrogens with zero attached hydrogens (tertiary/aromatic N) is 5. The minimum atomic E-state index is -0.250. The van der Waals surface area contributed by atoms with Gasteiger partial charge in [0, 0.05) is 30.4 Å². The number of carbonyl (C=O) groups is 1. The van der Waals surface area contributed by atoms with Gasteiger partial charge in [0.05, 0.1) is 30.4 Å². The molecule has 10 nitrogen and oxygen atoms in total. The highest BCUT2D eigenvalue weighted by atomic mass is 19.1. The van der Waals surface area contributed by atoms with Crippen LogP contribution in [0.5, 0.6) is 11.5 Å². The van der Waals surface area contributed by atoms with Gasteiger partial charge >= 0.3 is 0 Å². The number of hydrogen-bond donors (Lipinski definition) is 2. The lowest BCUT2D eigenvalue weighted by atomic mass is 9.96. The third-order valence-electron chi connectivity index (χ3n) is 5.76. The minimum absolute atomic E-state index is 0.0298. The minimum Gasteiger partial charge on any atom is -0.493 e. The Bertz CT molecular complexity index is 1330. The molecule has 0 bridgehead atoms. The van der Waals surface area contributed by atoms with Gasteiger partial charge in [0.1, 0.15) is 17.9 Å². The second-order valence-electron chi connectivity index (χ2n) is 7.57. The molecule has 33 heavy (non-hydrogen) atoms. The standard InChI is InChI=1S/C21H19FN6O2.CH2O2/c1-2-27-6-5-16(26-27)13-7-18-21(28-11-24-25-20(13)28)23-8-14-15(22)3-4-17-19(14)12(9-29-17)10-30-18;2-1-3/h3-7,11-12,23H,2,8-10H2,1H3;1H,(H,2,3)/t12-;/m1./s1. The van der Waals surface area contributed by atoms with E-state index < -0.39 is 0 Å². The molecule has 0 radical (unpaired) electrons. The largest absolute Gasteiger partial charge is 0.493 e. The van der Waals surface area contributed by atoms with E-state index in [0.29, 0.717) is 42.5 Å². The van der Waals surface area contributed by atoms with Crippen molar-refractivity contribution in [3.63, 3.8) is 0 Å². The van der Waals surface area contributed by atoms with Gasteiger partial charge in [-0.05, 0) is 31.2 Å². The molecule has 4 aromatic rings. The van der Waals surface area contributed by atoms with E-state index in [9.17, 15) is 4.39 Å². The topological polar surface area (TPSA) is 116 Å². The van der Waals surface area contributed by atoms with Gasteiger partial charge in [0.25, 0.3) is 6.47 Å². The zero-order chi connectivity index (χ0) is 22.9. The summed E-state index contributed by atoms with van der Waals surface area (Å²) in [6.45, 7) is 3.73. The van der Waals surface area contributed by atoms with Crippen LogP contribution in [0.25, 0.3) is 16.9 Å².